The number of nitrogens with zero attached hydrogens (tertiary/aromatic N) is 2. The maximum absolute atomic E-state index is 11.8. The highest BCUT2D eigenvalue weighted by molar-refractivity contribution is 14.0. The zero-order chi connectivity index (χ0) is 19.1. The van der Waals surface area contributed by atoms with E-state index in [0.29, 0.717) is 24.9 Å². The largest absolute Gasteiger partial charge is 0.497 e. The molecule has 0 radical (unpaired) electrons. The molecule has 1 aliphatic heterocycles. The maximum atomic E-state index is 11.8. The molecule has 2 N–H and O–H groups in total. The van der Waals surface area contributed by atoms with Gasteiger partial charge in [-0.3, -0.25) is 9.79 Å². The first-order valence-corrected chi connectivity index (χ1v) is 10.2. The first kappa shape index (κ1) is 22.8. The molecule has 1 aromatic rings. The molecule has 7 heteroatoms. The second-order valence-corrected chi connectivity index (χ2v) is 7.39. The lowest BCUT2D eigenvalue weighted by Gasteiger charge is -2.22. The Kier molecular flexibility index (Phi) is 9.34. The SMILES string of the molecule is CCNC(=NCCCC(=O)NC1CC1)N1CCC(c2ccc(OC)cc2)C1.I. The van der Waals surface area contributed by atoms with Crippen LogP contribution in [0.5, 0.6) is 5.75 Å². The number of rotatable bonds is 8. The lowest BCUT2D eigenvalue weighted by Crippen LogP contribution is -2.40. The van der Waals surface area contributed by atoms with Crippen molar-refractivity contribution >= 4 is 35.8 Å². The summed E-state index contributed by atoms with van der Waals surface area (Å²) in [4.78, 5) is 18.9. The predicted octanol–water partition coefficient (Wildman–Crippen LogP) is 3.13. The number of hydrogen-bond donors (Lipinski definition) is 2. The van der Waals surface area contributed by atoms with Crippen molar-refractivity contribution in [3.63, 3.8) is 0 Å². The fourth-order valence-corrected chi connectivity index (χ4v) is 3.48. The number of methoxy groups -OCH3 is 1. The van der Waals surface area contributed by atoms with E-state index in [1.165, 1.54) is 5.56 Å². The second kappa shape index (κ2) is 11.5. The predicted molar refractivity (Wildman–Crippen MR) is 124 cm³/mol. The van der Waals surface area contributed by atoms with Crippen LogP contribution in [0.1, 0.15) is 50.5 Å². The monoisotopic (exact) mass is 500 g/mol. The van der Waals surface area contributed by atoms with Crippen LogP contribution < -0.4 is 15.4 Å². The van der Waals surface area contributed by atoms with E-state index in [1.54, 1.807) is 7.11 Å². The van der Waals surface area contributed by atoms with Gasteiger partial charge in [0.15, 0.2) is 5.96 Å². The Morgan fingerprint density at radius 1 is 1.25 bits per heavy atom. The fraction of sp³-hybridized carbons (Fsp3) is 0.619. The summed E-state index contributed by atoms with van der Waals surface area (Å²) >= 11 is 0. The van der Waals surface area contributed by atoms with E-state index in [2.05, 4.69) is 34.6 Å². The summed E-state index contributed by atoms with van der Waals surface area (Å²) in [5, 5.41) is 6.43. The van der Waals surface area contributed by atoms with Crippen molar-refractivity contribution in [2.45, 2.75) is 51.0 Å². The van der Waals surface area contributed by atoms with Crippen LogP contribution in [0.3, 0.4) is 0 Å². The number of ether oxygens (including phenoxy) is 1. The van der Waals surface area contributed by atoms with E-state index in [4.69, 9.17) is 9.73 Å². The summed E-state index contributed by atoms with van der Waals surface area (Å²) in [6.07, 6.45) is 4.76. The molecule has 1 aromatic carbocycles. The van der Waals surface area contributed by atoms with Crippen LogP contribution in [-0.2, 0) is 4.79 Å². The van der Waals surface area contributed by atoms with Crippen LogP contribution in [0.2, 0.25) is 0 Å². The van der Waals surface area contributed by atoms with Gasteiger partial charge in [0, 0.05) is 44.6 Å². The third-order valence-corrected chi connectivity index (χ3v) is 5.18. The molecule has 1 heterocycles. The molecule has 0 spiro atoms. The van der Waals surface area contributed by atoms with Crippen LogP contribution in [-0.4, -0.2) is 56.1 Å². The van der Waals surface area contributed by atoms with Crippen LogP contribution in [0.15, 0.2) is 29.3 Å². The second-order valence-electron chi connectivity index (χ2n) is 7.39. The van der Waals surface area contributed by atoms with E-state index < -0.39 is 0 Å². The molecule has 6 nitrogen and oxygen atoms in total. The fourth-order valence-electron chi connectivity index (χ4n) is 3.48. The van der Waals surface area contributed by atoms with Gasteiger partial charge in [0.1, 0.15) is 5.75 Å². The van der Waals surface area contributed by atoms with Crippen molar-refractivity contribution in [2.75, 3.05) is 33.3 Å². The lowest BCUT2D eigenvalue weighted by atomic mass is 9.98. The summed E-state index contributed by atoms with van der Waals surface area (Å²) < 4.78 is 5.25. The van der Waals surface area contributed by atoms with Crippen molar-refractivity contribution in [3.05, 3.63) is 29.8 Å². The normalized spacial score (nSPS) is 19.1. The Labute approximate surface area is 185 Å². The molecule has 1 unspecified atom stereocenters. The number of carbonyl (C=O) groups excluding carboxylic acids is 1. The Hall–Kier alpha value is -1.51. The average Bonchev–Trinajstić information content (AvgIpc) is 3.36. The molecule has 3 rings (SSSR count). The number of hydrogen-bond acceptors (Lipinski definition) is 3. The van der Waals surface area contributed by atoms with Gasteiger partial charge < -0.3 is 20.3 Å². The lowest BCUT2D eigenvalue weighted by molar-refractivity contribution is -0.121. The summed E-state index contributed by atoms with van der Waals surface area (Å²) in [6.45, 7) is 5.61. The van der Waals surface area contributed by atoms with E-state index in [0.717, 1.165) is 57.0 Å². The van der Waals surface area contributed by atoms with Gasteiger partial charge in [0.25, 0.3) is 0 Å². The van der Waals surface area contributed by atoms with Crippen molar-refractivity contribution in [1.29, 1.82) is 0 Å². The van der Waals surface area contributed by atoms with E-state index >= 15 is 0 Å². The molecule has 2 aliphatic rings. The molecular formula is C21H33IN4O2. The molecule has 1 amide bonds. The number of halogens is 1. The average molecular weight is 500 g/mol. The molecule has 28 heavy (non-hydrogen) atoms. The van der Waals surface area contributed by atoms with Crippen LogP contribution in [0, 0.1) is 0 Å². The number of likely N-dealkylation sites (tertiary alicyclic amines) is 1. The molecule has 2 fully saturated rings. The summed E-state index contributed by atoms with van der Waals surface area (Å²) in [6, 6.07) is 8.83. The molecule has 1 atom stereocenters. The molecular weight excluding hydrogens is 467 g/mol. The number of carbonyl (C=O) groups is 1. The highest BCUT2D eigenvalue weighted by Crippen LogP contribution is 2.28. The number of benzene rings is 1. The molecule has 1 aliphatic carbocycles. The Balaban J connectivity index is 0.00000280. The van der Waals surface area contributed by atoms with Crippen LogP contribution in [0.25, 0.3) is 0 Å². The van der Waals surface area contributed by atoms with Gasteiger partial charge in [-0.25, -0.2) is 0 Å². The first-order chi connectivity index (χ1) is 13.2. The van der Waals surface area contributed by atoms with Crippen LogP contribution in [0.4, 0.5) is 0 Å². The Morgan fingerprint density at radius 3 is 2.64 bits per heavy atom. The highest BCUT2D eigenvalue weighted by atomic mass is 127. The minimum absolute atomic E-state index is 0. The third-order valence-electron chi connectivity index (χ3n) is 5.18. The minimum atomic E-state index is 0. The molecule has 1 saturated carbocycles. The van der Waals surface area contributed by atoms with Gasteiger partial charge in [-0.05, 0) is 50.3 Å². The van der Waals surface area contributed by atoms with Gasteiger partial charge in [-0.2, -0.15) is 0 Å². The van der Waals surface area contributed by atoms with Crippen molar-refractivity contribution in [1.82, 2.24) is 15.5 Å². The first-order valence-electron chi connectivity index (χ1n) is 10.2. The smallest absolute Gasteiger partial charge is 0.220 e. The molecule has 1 saturated heterocycles. The molecule has 0 aromatic heterocycles. The standard InChI is InChI=1S/C21H32N4O2.HI/c1-3-22-21(23-13-4-5-20(26)24-18-8-9-18)25-14-12-17(15-25)16-6-10-19(27-2)11-7-16;/h6-7,10-11,17-18H,3-5,8-9,12-15H2,1-2H3,(H,22,23)(H,24,26);1H. The van der Waals surface area contributed by atoms with Crippen LogP contribution >= 0.6 is 24.0 Å². The zero-order valence-corrected chi connectivity index (χ0v) is 19.3. The van der Waals surface area contributed by atoms with Gasteiger partial charge >= 0.3 is 0 Å². The van der Waals surface area contributed by atoms with E-state index in [9.17, 15) is 4.79 Å². The van der Waals surface area contributed by atoms with E-state index in [1.807, 2.05) is 12.1 Å². The number of guanidine groups is 1. The third kappa shape index (κ3) is 6.83. The Morgan fingerprint density at radius 2 is 2.00 bits per heavy atom. The van der Waals surface area contributed by atoms with E-state index in [-0.39, 0.29) is 29.9 Å². The van der Waals surface area contributed by atoms with Gasteiger partial charge in [0.05, 0.1) is 7.11 Å². The van der Waals surface area contributed by atoms with Crippen molar-refractivity contribution < 1.29 is 9.53 Å². The number of nitrogens with one attached hydrogen (secondary N) is 2. The van der Waals surface area contributed by atoms with Crippen molar-refractivity contribution in [3.8, 4) is 5.75 Å². The van der Waals surface area contributed by atoms with Gasteiger partial charge in [0.2, 0.25) is 5.91 Å². The Bertz CT molecular complexity index is 646. The van der Waals surface area contributed by atoms with Gasteiger partial charge in [-0.1, -0.05) is 12.1 Å². The maximum Gasteiger partial charge on any atom is 0.220 e. The summed E-state index contributed by atoms with van der Waals surface area (Å²) in [5.41, 5.74) is 1.35. The zero-order valence-electron chi connectivity index (χ0n) is 16.9. The quantitative estimate of drug-likeness (QED) is 0.249. The summed E-state index contributed by atoms with van der Waals surface area (Å²) in [5.74, 6) is 2.55. The summed E-state index contributed by atoms with van der Waals surface area (Å²) in [7, 11) is 1.70. The van der Waals surface area contributed by atoms with Gasteiger partial charge in [-0.15, -0.1) is 24.0 Å². The number of amides is 1. The number of aliphatic imine (C=N–C) groups is 1. The van der Waals surface area contributed by atoms with Crippen molar-refractivity contribution in [2.24, 2.45) is 4.99 Å². The minimum Gasteiger partial charge on any atom is -0.497 e. The molecule has 0 bridgehead atoms. The highest BCUT2D eigenvalue weighted by Gasteiger charge is 2.26. The molecule has 156 valence electrons. The topological polar surface area (TPSA) is 66.0 Å².